The molecule has 2 unspecified atom stereocenters. The van der Waals surface area contributed by atoms with Crippen LogP contribution in [0.2, 0.25) is 0 Å². The summed E-state index contributed by atoms with van der Waals surface area (Å²) < 4.78 is 5.08. The van der Waals surface area contributed by atoms with Gasteiger partial charge in [0, 0.05) is 5.92 Å². The first-order valence-electron chi connectivity index (χ1n) is 6.94. The van der Waals surface area contributed by atoms with E-state index in [0.717, 1.165) is 6.42 Å². The summed E-state index contributed by atoms with van der Waals surface area (Å²) in [5.74, 6) is -0.858. The van der Waals surface area contributed by atoms with E-state index >= 15 is 0 Å². The van der Waals surface area contributed by atoms with Gasteiger partial charge in [-0.15, -0.1) is 0 Å². The van der Waals surface area contributed by atoms with Crippen LogP contribution in [0.3, 0.4) is 0 Å². The van der Waals surface area contributed by atoms with Crippen molar-refractivity contribution in [1.29, 1.82) is 0 Å². The molecule has 0 aliphatic carbocycles. The molecular formula is C16H21ClO3. The molecule has 110 valence electrons. The van der Waals surface area contributed by atoms with Crippen LogP contribution in [0.5, 0.6) is 0 Å². The van der Waals surface area contributed by atoms with Gasteiger partial charge in [-0.3, -0.25) is 9.59 Å². The Hall–Kier alpha value is -1.35. The minimum atomic E-state index is -0.404. The van der Waals surface area contributed by atoms with Crippen LogP contribution in [0.4, 0.5) is 0 Å². The highest BCUT2D eigenvalue weighted by Crippen LogP contribution is 2.21. The number of rotatable bonds is 8. The van der Waals surface area contributed by atoms with Crippen LogP contribution in [0.1, 0.15) is 32.3 Å². The highest BCUT2D eigenvalue weighted by Gasteiger charge is 2.24. The van der Waals surface area contributed by atoms with Gasteiger partial charge in [0.25, 0.3) is 0 Å². The molecule has 0 fully saturated rings. The number of esters is 1. The van der Waals surface area contributed by atoms with Crippen LogP contribution < -0.4 is 0 Å². The maximum Gasteiger partial charge on any atom is 0.308 e. The summed E-state index contributed by atoms with van der Waals surface area (Å²) >= 11 is 5.48. The molecule has 4 heteroatoms. The SMILES string of the molecule is CCOC(=O)C(CCc1ccccc1)CC(C)C(=O)Cl. The van der Waals surface area contributed by atoms with Crippen LogP contribution in [0.15, 0.2) is 30.3 Å². The van der Waals surface area contributed by atoms with Gasteiger partial charge in [-0.2, -0.15) is 0 Å². The van der Waals surface area contributed by atoms with Gasteiger partial charge < -0.3 is 4.74 Å². The first kappa shape index (κ1) is 16.7. The molecule has 0 radical (unpaired) electrons. The zero-order valence-corrected chi connectivity index (χ0v) is 12.7. The molecule has 1 aromatic carbocycles. The fourth-order valence-electron chi connectivity index (χ4n) is 2.10. The second-order valence-electron chi connectivity index (χ2n) is 4.91. The third-order valence-corrected chi connectivity index (χ3v) is 3.64. The largest absolute Gasteiger partial charge is 0.466 e. The molecule has 0 bridgehead atoms. The van der Waals surface area contributed by atoms with Gasteiger partial charge in [0.05, 0.1) is 12.5 Å². The number of halogens is 1. The van der Waals surface area contributed by atoms with E-state index in [0.29, 0.717) is 19.4 Å². The van der Waals surface area contributed by atoms with Crippen molar-refractivity contribution < 1.29 is 14.3 Å². The molecule has 0 spiro atoms. The molecule has 20 heavy (non-hydrogen) atoms. The lowest BCUT2D eigenvalue weighted by atomic mass is 9.91. The first-order valence-corrected chi connectivity index (χ1v) is 7.32. The monoisotopic (exact) mass is 296 g/mol. The fraction of sp³-hybridized carbons (Fsp3) is 0.500. The van der Waals surface area contributed by atoms with Crippen LogP contribution in [0, 0.1) is 11.8 Å². The highest BCUT2D eigenvalue weighted by atomic mass is 35.5. The van der Waals surface area contributed by atoms with E-state index in [-0.39, 0.29) is 17.8 Å². The Balaban J connectivity index is 2.62. The van der Waals surface area contributed by atoms with Crippen molar-refractivity contribution in [2.24, 2.45) is 11.8 Å². The summed E-state index contributed by atoms with van der Waals surface area (Å²) in [4.78, 5) is 23.1. The zero-order valence-electron chi connectivity index (χ0n) is 12.0. The summed E-state index contributed by atoms with van der Waals surface area (Å²) in [7, 11) is 0. The van der Waals surface area contributed by atoms with E-state index in [9.17, 15) is 9.59 Å². The fourth-order valence-corrected chi connectivity index (χ4v) is 2.19. The topological polar surface area (TPSA) is 43.4 Å². The average molecular weight is 297 g/mol. The van der Waals surface area contributed by atoms with E-state index in [1.807, 2.05) is 30.3 Å². The van der Waals surface area contributed by atoms with Crippen molar-refractivity contribution in [3.63, 3.8) is 0 Å². The molecule has 0 N–H and O–H groups in total. The predicted molar refractivity (Wildman–Crippen MR) is 79.5 cm³/mol. The number of hydrogen-bond acceptors (Lipinski definition) is 3. The van der Waals surface area contributed by atoms with Crippen molar-refractivity contribution in [2.45, 2.75) is 33.1 Å². The lowest BCUT2D eigenvalue weighted by Gasteiger charge is -2.17. The number of carbonyl (C=O) groups is 2. The summed E-state index contributed by atoms with van der Waals surface area (Å²) in [6.45, 7) is 3.87. The van der Waals surface area contributed by atoms with Crippen molar-refractivity contribution in [3.8, 4) is 0 Å². The first-order chi connectivity index (χ1) is 9.54. The van der Waals surface area contributed by atoms with E-state index in [1.165, 1.54) is 5.56 Å². The Morgan fingerprint density at radius 3 is 2.45 bits per heavy atom. The molecule has 0 saturated heterocycles. The molecule has 0 aliphatic rings. The second kappa shape index (κ2) is 8.75. The van der Waals surface area contributed by atoms with Gasteiger partial charge in [0.1, 0.15) is 0 Å². The van der Waals surface area contributed by atoms with Crippen LogP contribution in [-0.4, -0.2) is 17.8 Å². The van der Waals surface area contributed by atoms with E-state index in [2.05, 4.69) is 0 Å². The minimum Gasteiger partial charge on any atom is -0.466 e. The Bertz CT molecular complexity index is 431. The number of benzene rings is 1. The second-order valence-corrected chi connectivity index (χ2v) is 5.29. The molecule has 0 saturated carbocycles. The standard InChI is InChI=1S/C16H21ClO3/c1-3-20-16(19)14(11-12(2)15(17)18)10-9-13-7-5-4-6-8-13/h4-8,12,14H,3,9-11H2,1-2H3. The molecule has 2 atom stereocenters. The van der Waals surface area contributed by atoms with Crippen molar-refractivity contribution in [3.05, 3.63) is 35.9 Å². The van der Waals surface area contributed by atoms with Gasteiger partial charge in [-0.25, -0.2) is 0 Å². The van der Waals surface area contributed by atoms with Crippen molar-refractivity contribution >= 4 is 22.8 Å². The molecule has 0 amide bonds. The van der Waals surface area contributed by atoms with Crippen LogP contribution in [-0.2, 0) is 20.7 Å². The highest BCUT2D eigenvalue weighted by molar-refractivity contribution is 6.63. The summed E-state index contributed by atoms with van der Waals surface area (Å²) in [6.07, 6.45) is 1.89. The maximum absolute atomic E-state index is 11.9. The Labute approximate surface area is 125 Å². The molecular weight excluding hydrogens is 276 g/mol. The zero-order chi connectivity index (χ0) is 15.0. The Morgan fingerprint density at radius 1 is 1.25 bits per heavy atom. The van der Waals surface area contributed by atoms with Crippen molar-refractivity contribution in [1.82, 2.24) is 0 Å². The van der Waals surface area contributed by atoms with Crippen LogP contribution in [0.25, 0.3) is 0 Å². The molecule has 1 aromatic rings. The number of aryl methyl sites for hydroxylation is 1. The normalized spacial score (nSPS) is 13.6. The summed E-state index contributed by atoms with van der Waals surface area (Å²) in [5.41, 5.74) is 1.17. The van der Waals surface area contributed by atoms with E-state index in [4.69, 9.17) is 16.3 Å². The third-order valence-electron chi connectivity index (χ3n) is 3.27. The smallest absolute Gasteiger partial charge is 0.308 e. The lowest BCUT2D eigenvalue weighted by molar-refractivity contribution is -0.148. The molecule has 0 aliphatic heterocycles. The number of ether oxygens (including phenoxy) is 1. The van der Waals surface area contributed by atoms with Gasteiger partial charge in [0.15, 0.2) is 0 Å². The average Bonchev–Trinajstić information content (AvgIpc) is 2.44. The molecule has 0 aromatic heterocycles. The van der Waals surface area contributed by atoms with Gasteiger partial charge in [-0.05, 0) is 43.4 Å². The lowest BCUT2D eigenvalue weighted by Crippen LogP contribution is -2.22. The van der Waals surface area contributed by atoms with Gasteiger partial charge in [0.2, 0.25) is 5.24 Å². The molecule has 1 rings (SSSR count). The third kappa shape index (κ3) is 5.74. The minimum absolute atomic E-state index is 0.242. The summed E-state index contributed by atoms with van der Waals surface area (Å²) in [5, 5.41) is -0.404. The van der Waals surface area contributed by atoms with E-state index in [1.54, 1.807) is 13.8 Å². The number of carbonyl (C=O) groups excluding carboxylic acids is 2. The Kier molecular flexibility index (Phi) is 7.31. The number of hydrogen-bond donors (Lipinski definition) is 0. The van der Waals surface area contributed by atoms with Crippen molar-refractivity contribution in [2.75, 3.05) is 6.61 Å². The maximum atomic E-state index is 11.9. The summed E-state index contributed by atoms with van der Waals surface area (Å²) in [6, 6.07) is 9.95. The van der Waals surface area contributed by atoms with Crippen LogP contribution >= 0.6 is 11.6 Å². The van der Waals surface area contributed by atoms with E-state index < -0.39 is 5.24 Å². The predicted octanol–water partition coefficient (Wildman–Crippen LogP) is 3.59. The quantitative estimate of drug-likeness (QED) is 0.544. The van der Waals surface area contributed by atoms with Gasteiger partial charge in [-0.1, -0.05) is 37.3 Å². The molecule has 3 nitrogen and oxygen atoms in total. The molecule has 0 heterocycles. The Morgan fingerprint density at radius 2 is 1.90 bits per heavy atom. The van der Waals surface area contributed by atoms with Gasteiger partial charge >= 0.3 is 5.97 Å².